The molecule has 0 unspecified atom stereocenters. The molecule has 0 aliphatic carbocycles. The Morgan fingerprint density at radius 1 is 1.50 bits per heavy atom. The van der Waals surface area contributed by atoms with E-state index >= 15 is 0 Å². The van der Waals surface area contributed by atoms with Crippen molar-refractivity contribution in [3.8, 4) is 0 Å². The minimum Gasteiger partial charge on any atom is -0.462 e. The summed E-state index contributed by atoms with van der Waals surface area (Å²) in [5.41, 5.74) is 0.907. The highest BCUT2D eigenvalue weighted by Gasteiger charge is 2.15. The minimum atomic E-state index is -2.72. The summed E-state index contributed by atoms with van der Waals surface area (Å²) in [7, 11) is -2.72. The molecule has 0 aliphatic rings. The first-order valence-electron chi connectivity index (χ1n) is 4.95. The number of nitrogens with one attached hydrogen (secondary N) is 1. The molecular formula is C10H12INO4S2. The molecule has 0 fully saturated rings. The number of ether oxygens (including phenoxy) is 1. The molecule has 5 nitrogen and oxygen atoms in total. The van der Waals surface area contributed by atoms with Crippen LogP contribution in [0, 0.1) is 3.57 Å². The average Bonchev–Trinajstić information content (AvgIpc) is 2.31. The van der Waals surface area contributed by atoms with E-state index < -0.39 is 16.9 Å². The summed E-state index contributed by atoms with van der Waals surface area (Å²) in [5.74, 6) is -0.405. The fraction of sp³-hybridized carbons (Fsp3) is 0.300. The van der Waals surface area contributed by atoms with Crippen molar-refractivity contribution >= 4 is 56.9 Å². The van der Waals surface area contributed by atoms with Crippen molar-refractivity contribution in [2.45, 2.75) is 11.8 Å². The number of benzene rings is 1. The highest BCUT2D eigenvalue weighted by Crippen LogP contribution is 2.29. The molecule has 8 heteroatoms. The van der Waals surface area contributed by atoms with E-state index in [4.69, 9.17) is 4.74 Å². The van der Waals surface area contributed by atoms with Crippen LogP contribution in [0.2, 0.25) is 0 Å². The van der Waals surface area contributed by atoms with Crippen LogP contribution < -0.4 is 4.72 Å². The second-order valence-corrected chi connectivity index (χ2v) is 5.87. The van der Waals surface area contributed by atoms with E-state index in [-0.39, 0.29) is 0 Å². The normalized spacial score (nSPS) is 10.4. The number of carbonyl (C=O) groups is 1. The van der Waals surface area contributed by atoms with Crippen LogP contribution in [0.5, 0.6) is 0 Å². The third-order valence-electron chi connectivity index (χ3n) is 2.00. The molecular weight excluding hydrogens is 389 g/mol. The minimum absolute atomic E-state index is 0.301. The Bertz CT molecular complexity index is 523. The summed E-state index contributed by atoms with van der Waals surface area (Å²) in [6, 6.07) is 3.25. The zero-order valence-electron chi connectivity index (χ0n) is 9.73. The second kappa shape index (κ2) is 7.19. The highest BCUT2D eigenvalue weighted by atomic mass is 127. The van der Waals surface area contributed by atoms with Gasteiger partial charge in [0.25, 0.3) is 0 Å². The van der Waals surface area contributed by atoms with Gasteiger partial charge in [-0.1, -0.05) is 0 Å². The summed E-state index contributed by atoms with van der Waals surface area (Å²) < 4.78 is 29.3. The van der Waals surface area contributed by atoms with Gasteiger partial charge in [0.15, 0.2) is 0 Å². The van der Waals surface area contributed by atoms with Crippen LogP contribution in [0.1, 0.15) is 17.3 Å². The zero-order valence-corrected chi connectivity index (χ0v) is 13.6. The molecule has 1 N–H and O–H groups in total. The first-order valence-corrected chi connectivity index (χ1v) is 8.43. The molecule has 0 atom stereocenters. The molecule has 0 saturated heterocycles. The number of hydrogen-bond acceptors (Lipinski definition) is 5. The van der Waals surface area contributed by atoms with Gasteiger partial charge in [0, 0.05) is 8.47 Å². The number of halogens is 1. The lowest BCUT2D eigenvalue weighted by atomic mass is 10.2. The van der Waals surface area contributed by atoms with Crippen LogP contribution >= 0.6 is 34.4 Å². The van der Waals surface area contributed by atoms with Gasteiger partial charge < -0.3 is 4.74 Å². The van der Waals surface area contributed by atoms with Crippen molar-refractivity contribution in [3.05, 3.63) is 21.3 Å². The van der Waals surface area contributed by atoms with Gasteiger partial charge in [-0.2, -0.15) is 0 Å². The Kier molecular flexibility index (Phi) is 6.22. The van der Waals surface area contributed by atoms with Gasteiger partial charge in [-0.15, -0.1) is 11.8 Å². The van der Waals surface area contributed by atoms with Crippen molar-refractivity contribution in [2.24, 2.45) is 0 Å². The van der Waals surface area contributed by atoms with Crippen molar-refractivity contribution in [2.75, 3.05) is 17.6 Å². The molecule has 0 aromatic heterocycles. The van der Waals surface area contributed by atoms with Crippen LogP contribution in [0.15, 0.2) is 17.0 Å². The molecule has 100 valence electrons. The van der Waals surface area contributed by atoms with Gasteiger partial charge in [-0.05, 0) is 47.9 Å². The lowest BCUT2D eigenvalue weighted by molar-refractivity contribution is 0.0522. The Balaban J connectivity index is 3.21. The van der Waals surface area contributed by atoms with Crippen molar-refractivity contribution < 1.29 is 17.9 Å². The summed E-state index contributed by atoms with van der Waals surface area (Å²) in [4.78, 5) is 12.4. The fourth-order valence-corrected chi connectivity index (χ4v) is 3.07. The maximum absolute atomic E-state index is 11.7. The number of anilines is 1. The molecule has 1 aromatic carbocycles. The Morgan fingerprint density at radius 2 is 2.17 bits per heavy atom. The zero-order chi connectivity index (χ0) is 13.7. The molecule has 0 aliphatic heterocycles. The highest BCUT2D eigenvalue weighted by molar-refractivity contribution is 14.1. The van der Waals surface area contributed by atoms with E-state index in [0.717, 1.165) is 0 Å². The number of thioether (sulfide) groups is 1. The first kappa shape index (κ1) is 15.6. The van der Waals surface area contributed by atoms with E-state index in [1.807, 2.05) is 28.8 Å². The van der Waals surface area contributed by atoms with Gasteiger partial charge in [0.05, 0.1) is 17.9 Å². The Morgan fingerprint density at radius 3 is 2.67 bits per heavy atom. The smallest absolute Gasteiger partial charge is 0.339 e. The summed E-state index contributed by atoms with van der Waals surface area (Å²) in [6.45, 7) is 2.04. The number of hydrogen-bond donors (Lipinski definition) is 2. The van der Waals surface area contributed by atoms with E-state index in [9.17, 15) is 13.2 Å². The predicted molar refractivity (Wildman–Crippen MR) is 80.8 cm³/mol. The van der Waals surface area contributed by atoms with Gasteiger partial charge in [-0.25, -0.2) is 13.2 Å². The van der Waals surface area contributed by atoms with E-state index in [0.29, 0.717) is 26.3 Å². The molecule has 0 spiro atoms. The van der Waals surface area contributed by atoms with Crippen LogP contribution in [-0.2, 0) is 15.6 Å². The third-order valence-corrected chi connectivity index (χ3v) is 4.09. The number of rotatable bonds is 5. The van der Waals surface area contributed by atoms with Gasteiger partial charge in [0.2, 0.25) is 10.9 Å². The average molecular weight is 401 g/mol. The van der Waals surface area contributed by atoms with E-state index in [2.05, 4.69) is 4.72 Å². The van der Waals surface area contributed by atoms with Crippen molar-refractivity contribution in [1.82, 2.24) is 0 Å². The summed E-state index contributed by atoms with van der Waals surface area (Å²) in [6.07, 6.45) is 1.81. The molecule has 0 bridgehead atoms. The number of thiol groups is 1. The SMILES string of the molecule is CCOC(=O)c1cc(I)c(N[SH](=O)=O)cc1SC. The standard InChI is InChI=1S/C10H12INO4S2/c1-3-16-10(13)6-4-7(11)8(12-18(14)15)5-9(6)17-2/h4-5,18H,3H2,1-2H3,(H,12,14,15). The monoisotopic (exact) mass is 401 g/mol. The number of carbonyl (C=O) groups excluding carboxylic acids is 1. The summed E-state index contributed by atoms with van der Waals surface area (Å²) in [5, 5.41) is 0. The van der Waals surface area contributed by atoms with Crippen LogP contribution in [0.4, 0.5) is 5.69 Å². The third kappa shape index (κ3) is 4.02. The van der Waals surface area contributed by atoms with Crippen LogP contribution in [-0.4, -0.2) is 27.2 Å². The lowest BCUT2D eigenvalue weighted by Gasteiger charge is -2.10. The van der Waals surface area contributed by atoms with Crippen molar-refractivity contribution in [3.63, 3.8) is 0 Å². The number of esters is 1. The first-order chi connectivity index (χ1) is 8.49. The van der Waals surface area contributed by atoms with E-state index in [1.165, 1.54) is 11.8 Å². The van der Waals surface area contributed by atoms with E-state index in [1.54, 1.807) is 19.1 Å². The molecule has 1 rings (SSSR count). The Labute approximate surface area is 125 Å². The Hall–Kier alpha value is -0.480. The van der Waals surface area contributed by atoms with Crippen LogP contribution in [0.25, 0.3) is 0 Å². The second-order valence-electron chi connectivity index (χ2n) is 3.12. The molecule has 0 heterocycles. The largest absolute Gasteiger partial charge is 0.462 e. The van der Waals surface area contributed by atoms with Gasteiger partial charge >= 0.3 is 5.97 Å². The van der Waals surface area contributed by atoms with Gasteiger partial charge in [-0.3, -0.25) is 4.72 Å². The topological polar surface area (TPSA) is 72.5 Å². The van der Waals surface area contributed by atoms with Crippen LogP contribution in [0.3, 0.4) is 0 Å². The molecule has 0 saturated carbocycles. The maximum atomic E-state index is 11.7. The molecule has 0 radical (unpaired) electrons. The molecule has 18 heavy (non-hydrogen) atoms. The predicted octanol–water partition coefficient (Wildman–Crippen LogP) is 2.13. The maximum Gasteiger partial charge on any atom is 0.339 e. The summed E-state index contributed by atoms with van der Waals surface area (Å²) >= 11 is 3.33. The molecule has 1 aromatic rings. The molecule has 0 amide bonds. The lowest BCUT2D eigenvalue weighted by Crippen LogP contribution is -2.08. The fourth-order valence-electron chi connectivity index (χ4n) is 1.27. The quantitative estimate of drug-likeness (QED) is 0.342. The van der Waals surface area contributed by atoms with Gasteiger partial charge in [0.1, 0.15) is 0 Å². The van der Waals surface area contributed by atoms with Crippen molar-refractivity contribution in [1.29, 1.82) is 0 Å².